The Morgan fingerprint density at radius 1 is 1.21 bits per heavy atom. The van der Waals surface area contributed by atoms with Crippen molar-refractivity contribution in [3.63, 3.8) is 0 Å². The number of ether oxygens (including phenoxy) is 1. The Morgan fingerprint density at radius 2 is 1.86 bits per heavy atom. The van der Waals surface area contributed by atoms with Crippen molar-refractivity contribution >= 4 is 5.97 Å². The first-order chi connectivity index (χ1) is 6.70. The minimum absolute atomic E-state index is 0.240. The fourth-order valence-electron chi connectivity index (χ4n) is 1.34. The first-order valence-corrected chi connectivity index (χ1v) is 5.45. The van der Waals surface area contributed by atoms with Crippen LogP contribution in [0.4, 0.5) is 0 Å². The second-order valence-corrected chi connectivity index (χ2v) is 3.68. The van der Waals surface area contributed by atoms with Crippen LogP contribution in [0.5, 0.6) is 0 Å². The fourth-order valence-corrected chi connectivity index (χ4v) is 1.34. The third kappa shape index (κ3) is 7.84. The Balaban J connectivity index is 3.48. The fraction of sp³-hybridized carbons (Fsp3) is 0.750. The number of hydrogen-bond donors (Lipinski definition) is 0. The van der Waals surface area contributed by atoms with E-state index >= 15 is 0 Å². The summed E-state index contributed by atoms with van der Waals surface area (Å²) in [4.78, 5) is 10.9. The Labute approximate surface area is 87.3 Å². The molecular weight excluding hydrogens is 176 g/mol. The van der Waals surface area contributed by atoms with Gasteiger partial charge in [-0.25, -0.2) is 4.79 Å². The number of allylic oxidation sites excluding steroid dienone is 1. The van der Waals surface area contributed by atoms with Crippen LogP contribution in [0.2, 0.25) is 0 Å². The lowest BCUT2D eigenvalue weighted by molar-refractivity contribution is -0.134. The Hall–Kier alpha value is -0.790. The number of carbonyl (C=O) groups excluding carboxylic acids is 1. The van der Waals surface area contributed by atoms with Crippen molar-refractivity contribution in [3.8, 4) is 0 Å². The SMILES string of the molecule is CCCCCCCC(C)=CC(=O)OC. The van der Waals surface area contributed by atoms with Crippen molar-refractivity contribution in [2.24, 2.45) is 0 Å². The molecule has 82 valence electrons. The molecule has 0 amide bonds. The Kier molecular flexibility index (Phi) is 8.30. The molecule has 0 atom stereocenters. The molecule has 0 rings (SSSR count). The monoisotopic (exact) mass is 198 g/mol. The molecule has 0 fully saturated rings. The van der Waals surface area contributed by atoms with E-state index in [4.69, 9.17) is 0 Å². The van der Waals surface area contributed by atoms with E-state index in [0.717, 1.165) is 12.0 Å². The lowest BCUT2D eigenvalue weighted by Crippen LogP contribution is -1.95. The van der Waals surface area contributed by atoms with Crippen LogP contribution in [0, 0.1) is 0 Å². The molecule has 0 aromatic heterocycles. The van der Waals surface area contributed by atoms with Crippen molar-refractivity contribution in [2.45, 2.75) is 52.4 Å². The minimum Gasteiger partial charge on any atom is -0.466 e. The van der Waals surface area contributed by atoms with Gasteiger partial charge in [-0.1, -0.05) is 38.2 Å². The standard InChI is InChI=1S/C12H22O2/c1-4-5-6-7-8-9-11(2)10-12(13)14-3/h10H,4-9H2,1-3H3. The van der Waals surface area contributed by atoms with Crippen molar-refractivity contribution < 1.29 is 9.53 Å². The lowest BCUT2D eigenvalue weighted by atomic mass is 10.1. The zero-order chi connectivity index (χ0) is 10.8. The molecule has 0 radical (unpaired) electrons. The second kappa shape index (κ2) is 8.79. The van der Waals surface area contributed by atoms with Crippen molar-refractivity contribution in [3.05, 3.63) is 11.6 Å². The molecule has 0 aromatic rings. The number of carbonyl (C=O) groups is 1. The van der Waals surface area contributed by atoms with E-state index in [0.29, 0.717) is 0 Å². The van der Waals surface area contributed by atoms with Gasteiger partial charge in [-0.05, 0) is 19.8 Å². The first kappa shape index (κ1) is 13.2. The molecule has 0 saturated heterocycles. The summed E-state index contributed by atoms with van der Waals surface area (Å²) in [6, 6.07) is 0. The second-order valence-electron chi connectivity index (χ2n) is 3.68. The summed E-state index contributed by atoms with van der Waals surface area (Å²) >= 11 is 0. The highest BCUT2D eigenvalue weighted by atomic mass is 16.5. The third-order valence-corrected chi connectivity index (χ3v) is 2.24. The van der Waals surface area contributed by atoms with Gasteiger partial charge in [-0.2, -0.15) is 0 Å². The van der Waals surface area contributed by atoms with Crippen LogP contribution in [0.25, 0.3) is 0 Å². The molecule has 0 aliphatic heterocycles. The minimum atomic E-state index is -0.240. The highest BCUT2D eigenvalue weighted by molar-refractivity contribution is 5.82. The van der Waals surface area contributed by atoms with Gasteiger partial charge in [0.1, 0.15) is 0 Å². The largest absolute Gasteiger partial charge is 0.466 e. The number of esters is 1. The van der Waals surface area contributed by atoms with Gasteiger partial charge in [-0.15, -0.1) is 0 Å². The average molecular weight is 198 g/mol. The van der Waals surface area contributed by atoms with Gasteiger partial charge >= 0.3 is 5.97 Å². The molecule has 2 heteroatoms. The Bertz CT molecular complexity index is 183. The zero-order valence-corrected chi connectivity index (χ0v) is 9.64. The molecule has 0 bridgehead atoms. The Morgan fingerprint density at radius 3 is 2.43 bits per heavy atom. The zero-order valence-electron chi connectivity index (χ0n) is 9.64. The predicted molar refractivity (Wildman–Crippen MR) is 59.1 cm³/mol. The van der Waals surface area contributed by atoms with Crippen LogP contribution in [0.15, 0.2) is 11.6 Å². The maximum atomic E-state index is 10.9. The topological polar surface area (TPSA) is 26.3 Å². The molecule has 0 spiro atoms. The van der Waals surface area contributed by atoms with E-state index in [-0.39, 0.29) is 5.97 Å². The quantitative estimate of drug-likeness (QED) is 0.356. The van der Waals surface area contributed by atoms with E-state index in [1.54, 1.807) is 6.08 Å². The highest BCUT2D eigenvalue weighted by Gasteiger charge is 1.96. The number of unbranched alkanes of at least 4 members (excludes halogenated alkanes) is 4. The lowest BCUT2D eigenvalue weighted by Gasteiger charge is -2.01. The average Bonchev–Trinajstić information content (AvgIpc) is 2.17. The molecule has 0 heterocycles. The van der Waals surface area contributed by atoms with Crippen molar-refractivity contribution in [2.75, 3.05) is 7.11 Å². The summed E-state index contributed by atoms with van der Waals surface area (Å²) in [6.07, 6.45) is 8.94. The van der Waals surface area contributed by atoms with Gasteiger partial charge in [0.25, 0.3) is 0 Å². The molecule has 0 unspecified atom stereocenters. The number of rotatable bonds is 7. The van der Waals surface area contributed by atoms with Crippen LogP contribution in [-0.4, -0.2) is 13.1 Å². The molecule has 2 nitrogen and oxygen atoms in total. The van der Waals surface area contributed by atoms with Crippen LogP contribution < -0.4 is 0 Å². The summed E-state index contributed by atoms with van der Waals surface area (Å²) in [7, 11) is 1.41. The molecular formula is C12H22O2. The maximum Gasteiger partial charge on any atom is 0.330 e. The van der Waals surface area contributed by atoms with Gasteiger partial charge < -0.3 is 4.74 Å². The van der Waals surface area contributed by atoms with Crippen LogP contribution in [-0.2, 0) is 9.53 Å². The third-order valence-electron chi connectivity index (χ3n) is 2.24. The van der Waals surface area contributed by atoms with Gasteiger partial charge in [0, 0.05) is 6.08 Å². The van der Waals surface area contributed by atoms with Gasteiger partial charge in [0.15, 0.2) is 0 Å². The maximum absolute atomic E-state index is 10.9. The number of methoxy groups -OCH3 is 1. The highest BCUT2D eigenvalue weighted by Crippen LogP contribution is 2.10. The van der Waals surface area contributed by atoms with Gasteiger partial charge in [0.2, 0.25) is 0 Å². The molecule has 0 N–H and O–H groups in total. The molecule has 0 aliphatic rings. The molecule has 0 saturated carbocycles. The molecule has 14 heavy (non-hydrogen) atoms. The predicted octanol–water partition coefficient (Wildman–Crippen LogP) is 3.47. The molecule has 0 aliphatic carbocycles. The summed E-state index contributed by atoms with van der Waals surface area (Å²) in [5, 5.41) is 0. The summed E-state index contributed by atoms with van der Waals surface area (Å²) in [5.41, 5.74) is 1.12. The smallest absolute Gasteiger partial charge is 0.330 e. The van der Waals surface area contributed by atoms with E-state index in [1.807, 2.05) is 6.92 Å². The molecule has 0 aromatic carbocycles. The summed E-state index contributed by atoms with van der Waals surface area (Å²) in [6.45, 7) is 4.19. The summed E-state index contributed by atoms with van der Waals surface area (Å²) in [5.74, 6) is -0.240. The van der Waals surface area contributed by atoms with Crippen LogP contribution in [0.1, 0.15) is 52.4 Å². The number of hydrogen-bond acceptors (Lipinski definition) is 2. The van der Waals surface area contributed by atoms with E-state index in [1.165, 1.54) is 39.2 Å². The van der Waals surface area contributed by atoms with E-state index in [2.05, 4.69) is 11.7 Å². The van der Waals surface area contributed by atoms with Crippen molar-refractivity contribution in [1.82, 2.24) is 0 Å². The van der Waals surface area contributed by atoms with E-state index in [9.17, 15) is 4.79 Å². The van der Waals surface area contributed by atoms with Crippen molar-refractivity contribution in [1.29, 1.82) is 0 Å². The van der Waals surface area contributed by atoms with Crippen LogP contribution >= 0.6 is 0 Å². The van der Waals surface area contributed by atoms with Gasteiger partial charge in [-0.3, -0.25) is 0 Å². The van der Waals surface area contributed by atoms with Gasteiger partial charge in [0.05, 0.1) is 7.11 Å². The van der Waals surface area contributed by atoms with E-state index < -0.39 is 0 Å². The summed E-state index contributed by atoms with van der Waals surface area (Å²) < 4.78 is 4.55. The normalized spacial score (nSPS) is 11.5. The first-order valence-electron chi connectivity index (χ1n) is 5.45. The van der Waals surface area contributed by atoms with Crippen LogP contribution in [0.3, 0.4) is 0 Å².